The second-order valence-electron chi connectivity index (χ2n) is 5.84. The summed E-state index contributed by atoms with van der Waals surface area (Å²) in [5, 5.41) is 3.51. The summed E-state index contributed by atoms with van der Waals surface area (Å²) in [6.07, 6.45) is 5.58. The van der Waals surface area contributed by atoms with Crippen molar-refractivity contribution in [1.82, 2.24) is 5.32 Å². The zero-order chi connectivity index (χ0) is 9.90. The third-order valence-corrected chi connectivity index (χ3v) is 3.03. The van der Waals surface area contributed by atoms with Crippen LogP contribution in [0.4, 0.5) is 0 Å². The van der Waals surface area contributed by atoms with Crippen LogP contribution in [-0.2, 0) is 0 Å². The molecule has 2 unspecified atom stereocenters. The van der Waals surface area contributed by atoms with Gasteiger partial charge in [0.15, 0.2) is 0 Å². The minimum absolute atomic E-state index is 0.522. The monoisotopic (exact) mass is 183 g/mol. The first kappa shape index (κ1) is 11.0. The summed E-state index contributed by atoms with van der Waals surface area (Å²) in [4.78, 5) is 0. The van der Waals surface area contributed by atoms with Crippen LogP contribution in [0.1, 0.15) is 53.4 Å². The van der Waals surface area contributed by atoms with E-state index in [2.05, 4.69) is 33.0 Å². The Morgan fingerprint density at radius 3 is 2.54 bits per heavy atom. The Morgan fingerprint density at radius 1 is 1.31 bits per heavy atom. The summed E-state index contributed by atoms with van der Waals surface area (Å²) in [6.45, 7) is 10.6. The molecule has 0 aliphatic carbocycles. The molecule has 1 heteroatoms. The number of hydrogen-bond acceptors (Lipinski definition) is 1. The number of piperidine rings is 1. The molecule has 0 saturated carbocycles. The molecule has 1 saturated heterocycles. The highest BCUT2D eigenvalue weighted by molar-refractivity contribution is 4.76. The molecule has 1 fully saturated rings. The van der Waals surface area contributed by atoms with Gasteiger partial charge in [-0.2, -0.15) is 0 Å². The third kappa shape index (κ3) is 4.66. The standard InChI is InChI=1S/C12H25N/c1-10-9-11(6-8-13-10)5-7-12(2,3)4/h10-11,13H,5-9H2,1-4H3. The van der Waals surface area contributed by atoms with Crippen LogP contribution in [0.15, 0.2) is 0 Å². The van der Waals surface area contributed by atoms with E-state index in [9.17, 15) is 0 Å². The van der Waals surface area contributed by atoms with Crippen molar-refractivity contribution >= 4 is 0 Å². The molecule has 2 atom stereocenters. The molecule has 1 aliphatic rings. The zero-order valence-electron chi connectivity index (χ0n) is 9.69. The Bertz CT molecular complexity index is 146. The molecule has 1 aliphatic heterocycles. The van der Waals surface area contributed by atoms with Crippen molar-refractivity contribution in [1.29, 1.82) is 0 Å². The molecule has 1 rings (SSSR count). The van der Waals surface area contributed by atoms with Crippen molar-refractivity contribution in [2.45, 2.75) is 59.4 Å². The van der Waals surface area contributed by atoms with Crippen LogP contribution in [0, 0.1) is 11.3 Å². The van der Waals surface area contributed by atoms with Gasteiger partial charge in [0.1, 0.15) is 0 Å². The van der Waals surface area contributed by atoms with E-state index in [-0.39, 0.29) is 0 Å². The van der Waals surface area contributed by atoms with Crippen molar-refractivity contribution in [3.63, 3.8) is 0 Å². The minimum Gasteiger partial charge on any atom is -0.314 e. The summed E-state index contributed by atoms with van der Waals surface area (Å²) < 4.78 is 0. The maximum absolute atomic E-state index is 3.51. The smallest absolute Gasteiger partial charge is 0.00413 e. The average Bonchev–Trinajstić information content (AvgIpc) is 2.00. The first-order valence-corrected chi connectivity index (χ1v) is 5.71. The molecule has 0 aromatic carbocycles. The first-order chi connectivity index (χ1) is 5.97. The highest BCUT2D eigenvalue weighted by Gasteiger charge is 2.20. The van der Waals surface area contributed by atoms with E-state index in [0.717, 1.165) is 12.0 Å². The van der Waals surface area contributed by atoms with Crippen LogP contribution in [0.3, 0.4) is 0 Å². The molecular weight excluding hydrogens is 158 g/mol. The van der Waals surface area contributed by atoms with Crippen LogP contribution in [0.25, 0.3) is 0 Å². The maximum Gasteiger partial charge on any atom is 0.00413 e. The lowest BCUT2D eigenvalue weighted by Crippen LogP contribution is -2.36. The van der Waals surface area contributed by atoms with Gasteiger partial charge in [-0.15, -0.1) is 0 Å². The quantitative estimate of drug-likeness (QED) is 0.693. The lowest BCUT2D eigenvalue weighted by molar-refractivity contribution is 0.255. The molecular formula is C12H25N. The largest absolute Gasteiger partial charge is 0.314 e. The van der Waals surface area contributed by atoms with Gasteiger partial charge in [-0.3, -0.25) is 0 Å². The van der Waals surface area contributed by atoms with Crippen molar-refractivity contribution in [2.75, 3.05) is 6.54 Å². The summed E-state index contributed by atoms with van der Waals surface area (Å²) in [6, 6.07) is 0.749. The highest BCUT2D eigenvalue weighted by atomic mass is 14.9. The lowest BCUT2D eigenvalue weighted by Gasteiger charge is -2.30. The molecule has 78 valence electrons. The predicted octanol–water partition coefficient (Wildman–Crippen LogP) is 3.20. The molecule has 1 N–H and O–H groups in total. The topological polar surface area (TPSA) is 12.0 Å². The van der Waals surface area contributed by atoms with Gasteiger partial charge in [-0.25, -0.2) is 0 Å². The SMILES string of the molecule is CC1CC(CCC(C)(C)C)CCN1. The van der Waals surface area contributed by atoms with Gasteiger partial charge in [0.25, 0.3) is 0 Å². The Kier molecular flexibility index (Phi) is 3.78. The van der Waals surface area contributed by atoms with E-state index in [0.29, 0.717) is 5.41 Å². The summed E-state index contributed by atoms with van der Waals surface area (Å²) in [5.74, 6) is 0.982. The lowest BCUT2D eigenvalue weighted by atomic mass is 9.82. The van der Waals surface area contributed by atoms with Gasteiger partial charge in [0.05, 0.1) is 0 Å². The molecule has 1 nitrogen and oxygen atoms in total. The number of nitrogens with one attached hydrogen (secondary N) is 1. The van der Waals surface area contributed by atoms with E-state index in [1.54, 1.807) is 0 Å². The van der Waals surface area contributed by atoms with E-state index in [4.69, 9.17) is 0 Å². The Hall–Kier alpha value is -0.0400. The molecule has 0 amide bonds. The molecule has 0 spiro atoms. The fraction of sp³-hybridized carbons (Fsp3) is 1.00. The van der Waals surface area contributed by atoms with Gasteiger partial charge in [-0.05, 0) is 50.5 Å². The molecule has 0 aromatic rings. The van der Waals surface area contributed by atoms with E-state index < -0.39 is 0 Å². The normalized spacial score (nSPS) is 30.5. The minimum atomic E-state index is 0.522. The molecule has 0 radical (unpaired) electrons. The number of rotatable bonds is 2. The van der Waals surface area contributed by atoms with E-state index >= 15 is 0 Å². The average molecular weight is 183 g/mol. The zero-order valence-corrected chi connectivity index (χ0v) is 9.69. The molecule has 1 heterocycles. The molecule has 0 bridgehead atoms. The second-order valence-corrected chi connectivity index (χ2v) is 5.84. The van der Waals surface area contributed by atoms with Crippen LogP contribution in [0.5, 0.6) is 0 Å². The maximum atomic E-state index is 3.51. The fourth-order valence-corrected chi connectivity index (χ4v) is 2.13. The third-order valence-electron chi connectivity index (χ3n) is 3.03. The fourth-order valence-electron chi connectivity index (χ4n) is 2.13. The van der Waals surface area contributed by atoms with Crippen molar-refractivity contribution < 1.29 is 0 Å². The van der Waals surface area contributed by atoms with E-state index in [1.807, 2.05) is 0 Å². The van der Waals surface area contributed by atoms with Crippen LogP contribution < -0.4 is 5.32 Å². The van der Waals surface area contributed by atoms with Crippen molar-refractivity contribution in [2.24, 2.45) is 11.3 Å². The van der Waals surface area contributed by atoms with Gasteiger partial charge >= 0.3 is 0 Å². The van der Waals surface area contributed by atoms with Gasteiger partial charge in [0, 0.05) is 6.04 Å². The summed E-state index contributed by atoms with van der Waals surface area (Å²) >= 11 is 0. The Labute approximate surface area is 83.3 Å². The first-order valence-electron chi connectivity index (χ1n) is 5.71. The molecule has 0 aromatic heterocycles. The van der Waals surface area contributed by atoms with Gasteiger partial charge in [-0.1, -0.05) is 20.8 Å². The Morgan fingerprint density at radius 2 is 2.00 bits per heavy atom. The number of hydrogen-bond donors (Lipinski definition) is 1. The van der Waals surface area contributed by atoms with Crippen LogP contribution in [-0.4, -0.2) is 12.6 Å². The van der Waals surface area contributed by atoms with Crippen molar-refractivity contribution in [3.8, 4) is 0 Å². The van der Waals surface area contributed by atoms with Crippen molar-refractivity contribution in [3.05, 3.63) is 0 Å². The highest BCUT2D eigenvalue weighted by Crippen LogP contribution is 2.28. The van der Waals surface area contributed by atoms with Gasteiger partial charge in [0.2, 0.25) is 0 Å². The van der Waals surface area contributed by atoms with Crippen LogP contribution >= 0.6 is 0 Å². The predicted molar refractivity (Wildman–Crippen MR) is 58.9 cm³/mol. The van der Waals surface area contributed by atoms with E-state index in [1.165, 1.54) is 32.2 Å². The van der Waals surface area contributed by atoms with Crippen LogP contribution in [0.2, 0.25) is 0 Å². The van der Waals surface area contributed by atoms with Gasteiger partial charge < -0.3 is 5.32 Å². The summed E-state index contributed by atoms with van der Waals surface area (Å²) in [7, 11) is 0. The molecule has 13 heavy (non-hydrogen) atoms. The Balaban J connectivity index is 2.21. The summed E-state index contributed by atoms with van der Waals surface area (Å²) in [5.41, 5.74) is 0.522. The second kappa shape index (κ2) is 4.45.